The van der Waals surface area contributed by atoms with Crippen molar-refractivity contribution in [1.29, 1.82) is 0 Å². The number of aromatic nitrogens is 2. The van der Waals surface area contributed by atoms with Crippen LogP contribution in [-0.2, 0) is 18.3 Å². The molecular formula is C13H21N2O9P. The van der Waals surface area contributed by atoms with E-state index in [1.807, 2.05) is 4.98 Å². The van der Waals surface area contributed by atoms with E-state index in [0.29, 0.717) is 0 Å². The Morgan fingerprint density at radius 2 is 1.84 bits per heavy atom. The van der Waals surface area contributed by atoms with E-state index in [2.05, 4.69) is 0 Å². The third kappa shape index (κ3) is 3.77. The number of ether oxygens (including phenoxy) is 1. The summed E-state index contributed by atoms with van der Waals surface area (Å²) < 4.78 is 29.0. The molecule has 0 amide bonds. The Labute approximate surface area is 142 Å². The molecular weight excluding hydrogens is 359 g/mol. The SMILES string of the molecule is CCOP(=O)(OCC)c1cn(C2OC(CO)C(O)C2O)c(=O)[nH]c1=O. The largest absolute Gasteiger partial charge is 0.394 e. The molecule has 0 aliphatic carbocycles. The van der Waals surface area contributed by atoms with Crippen LogP contribution in [0.25, 0.3) is 0 Å². The minimum atomic E-state index is -4.01. The Hall–Kier alpha value is -1.33. The van der Waals surface area contributed by atoms with Crippen molar-refractivity contribution in [1.82, 2.24) is 9.55 Å². The molecule has 1 aliphatic rings. The van der Waals surface area contributed by atoms with Crippen molar-refractivity contribution >= 4 is 12.9 Å². The second kappa shape index (κ2) is 7.92. The van der Waals surface area contributed by atoms with Crippen molar-refractivity contribution in [2.24, 2.45) is 0 Å². The highest BCUT2D eigenvalue weighted by Gasteiger charge is 2.44. The minimum absolute atomic E-state index is 0.0102. The third-order valence-electron chi connectivity index (χ3n) is 3.63. The fourth-order valence-electron chi connectivity index (χ4n) is 2.48. The van der Waals surface area contributed by atoms with Gasteiger partial charge in [0.05, 0.1) is 19.8 Å². The van der Waals surface area contributed by atoms with E-state index >= 15 is 0 Å². The third-order valence-corrected chi connectivity index (χ3v) is 5.74. The summed E-state index contributed by atoms with van der Waals surface area (Å²) in [6.45, 7) is 2.51. The molecule has 0 radical (unpaired) electrons. The van der Waals surface area contributed by atoms with Crippen LogP contribution in [0.1, 0.15) is 20.1 Å². The van der Waals surface area contributed by atoms with Gasteiger partial charge in [0.15, 0.2) is 6.23 Å². The van der Waals surface area contributed by atoms with Gasteiger partial charge >= 0.3 is 13.3 Å². The molecule has 25 heavy (non-hydrogen) atoms. The van der Waals surface area contributed by atoms with Gasteiger partial charge in [-0.3, -0.25) is 18.9 Å². The van der Waals surface area contributed by atoms with Crippen molar-refractivity contribution in [2.45, 2.75) is 38.4 Å². The summed E-state index contributed by atoms with van der Waals surface area (Å²) in [5.74, 6) is 0. The second-order valence-electron chi connectivity index (χ2n) is 5.24. The number of aliphatic hydroxyl groups excluding tert-OH is 3. The maximum Gasteiger partial charge on any atom is 0.368 e. The molecule has 0 spiro atoms. The first kappa shape index (κ1) is 20.0. The Balaban J connectivity index is 2.54. The zero-order valence-electron chi connectivity index (χ0n) is 13.7. The van der Waals surface area contributed by atoms with Crippen LogP contribution in [0, 0.1) is 0 Å². The van der Waals surface area contributed by atoms with E-state index in [-0.39, 0.29) is 13.2 Å². The van der Waals surface area contributed by atoms with Crippen LogP contribution >= 0.6 is 7.60 Å². The van der Waals surface area contributed by atoms with Crippen LogP contribution < -0.4 is 16.6 Å². The normalized spacial score (nSPS) is 26.9. The molecule has 11 nitrogen and oxygen atoms in total. The molecule has 4 unspecified atom stereocenters. The van der Waals surface area contributed by atoms with Gasteiger partial charge in [-0.15, -0.1) is 0 Å². The van der Waals surface area contributed by atoms with Crippen molar-refractivity contribution in [3.05, 3.63) is 27.0 Å². The van der Waals surface area contributed by atoms with E-state index in [9.17, 15) is 24.4 Å². The Morgan fingerprint density at radius 1 is 1.24 bits per heavy atom. The summed E-state index contributed by atoms with van der Waals surface area (Å²) in [5.41, 5.74) is -1.92. The van der Waals surface area contributed by atoms with Crippen LogP contribution in [0.4, 0.5) is 0 Å². The van der Waals surface area contributed by atoms with Gasteiger partial charge in [0.25, 0.3) is 5.56 Å². The molecule has 0 bridgehead atoms. The van der Waals surface area contributed by atoms with Crippen LogP contribution in [0.3, 0.4) is 0 Å². The lowest BCUT2D eigenvalue weighted by molar-refractivity contribution is -0.0549. The molecule has 4 N–H and O–H groups in total. The summed E-state index contributed by atoms with van der Waals surface area (Å²) >= 11 is 0. The molecule has 142 valence electrons. The zero-order chi connectivity index (χ0) is 18.8. The number of aliphatic hydroxyl groups is 3. The lowest BCUT2D eigenvalue weighted by atomic mass is 10.1. The molecule has 0 aromatic carbocycles. The number of hydrogen-bond donors (Lipinski definition) is 4. The average molecular weight is 380 g/mol. The molecule has 1 saturated heterocycles. The van der Waals surface area contributed by atoms with Crippen LogP contribution in [0.5, 0.6) is 0 Å². The quantitative estimate of drug-likeness (QED) is 0.394. The highest BCUT2D eigenvalue weighted by molar-refractivity contribution is 7.62. The van der Waals surface area contributed by atoms with E-state index in [4.69, 9.17) is 18.9 Å². The first-order chi connectivity index (χ1) is 11.8. The monoisotopic (exact) mass is 380 g/mol. The standard InChI is InChI=1S/C13H21N2O9P/c1-3-22-25(21,23-4-2)8-5-15(13(20)14-11(8)19)12-10(18)9(17)7(6-16)24-12/h5,7,9-10,12,16-18H,3-4,6H2,1-2H3,(H,14,19,20). The van der Waals surface area contributed by atoms with Gasteiger partial charge in [0, 0.05) is 6.20 Å². The molecule has 1 aromatic heterocycles. The number of rotatable bonds is 7. The summed E-state index contributed by atoms with van der Waals surface area (Å²) in [6, 6.07) is 0. The number of H-pyrrole nitrogens is 1. The predicted octanol–water partition coefficient (Wildman–Crippen LogP) is -1.96. The highest BCUT2D eigenvalue weighted by Crippen LogP contribution is 2.45. The maximum atomic E-state index is 12.8. The molecule has 2 heterocycles. The topological polar surface area (TPSA) is 160 Å². The molecule has 2 rings (SSSR count). The van der Waals surface area contributed by atoms with Crippen LogP contribution in [-0.4, -0.2) is 63.0 Å². The Bertz CT molecular complexity index is 751. The van der Waals surface area contributed by atoms with Crippen molar-refractivity contribution < 1.29 is 33.7 Å². The molecule has 0 saturated carbocycles. The van der Waals surface area contributed by atoms with Crippen LogP contribution in [0.15, 0.2) is 15.8 Å². The van der Waals surface area contributed by atoms with Gasteiger partial charge < -0.3 is 29.1 Å². The fraction of sp³-hybridized carbons (Fsp3) is 0.692. The van der Waals surface area contributed by atoms with Gasteiger partial charge in [-0.1, -0.05) is 0 Å². The summed E-state index contributed by atoms with van der Waals surface area (Å²) in [4.78, 5) is 26.1. The molecule has 4 atom stereocenters. The van der Waals surface area contributed by atoms with E-state index in [1.54, 1.807) is 13.8 Å². The Morgan fingerprint density at radius 3 is 2.32 bits per heavy atom. The number of hydrogen-bond acceptors (Lipinski definition) is 9. The van der Waals surface area contributed by atoms with Gasteiger partial charge in [0.1, 0.15) is 23.6 Å². The highest BCUT2D eigenvalue weighted by atomic mass is 31.2. The lowest BCUT2D eigenvalue weighted by Gasteiger charge is -2.20. The maximum absolute atomic E-state index is 12.8. The van der Waals surface area contributed by atoms with E-state index in [0.717, 1.165) is 10.8 Å². The van der Waals surface area contributed by atoms with Crippen molar-refractivity contribution in [3.8, 4) is 0 Å². The van der Waals surface area contributed by atoms with Crippen LogP contribution in [0.2, 0.25) is 0 Å². The second-order valence-corrected chi connectivity index (χ2v) is 7.24. The first-order valence-corrected chi connectivity index (χ1v) is 9.20. The smallest absolute Gasteiger partial charge is 0.368 e. The van der Waals surface area contributed by atoms with Crippen molar-refractivity contribution in [2.75, 3.05) is 19.8 Å². The van der Waals surface area contributed by atoms with E-state index in [1.165, 1.54) is 0 Å². The molecule has 1 aliphatic heterocycles. The number of aromatic amines is 1. The van der Waals surface area contributed by atoms with Gasteiger partial charge in [-0.2, -0.15) is 0 Å². The average Bonchev–Trinajstić information content (AvgIpc) is 2.83. The van der Waals surface area contributed by atoms with Gasteiger partial charge in [0.2, 0.25) is 0 Å². The van der Waals surface area contributed by atoms with Crippen molar-refractivity contribution in [3.63, 3.8) is 0 Å². The summed E-state index contributed by atoms with van der Waals surface area (Å²) in [7, 11) is -4.01. The lowest BCUT2D eigenvalue weighted by Crippen LogP contribution is -2.43. The number of nitrogens with one attached hydrogen (secondary N) is 1. The predicted molar refractivity (Wildman–Crippen MR) is 84.8 cm³/mol. The Kier molecular flexibility index (Phi) is 6.33. The zero-order valence-corrected chi connectivity index (χ0v) is 14.6. The summed E-state index contributed by atoms with van der Waals surface area (Å²) in [5, 5.41) is 28.5. The van der Waals surface area contributed by atoms with Gasteiger partial charge in [-0.25, -0.2) is 4.79 Å². The van der Waals surface area contributed by atoms with E-state index < -0.39 is 55.3 Å². The molecule has 12 heteroatoms. The first-order valence-electron chi connectivity index (χ1n) is 7.66. The fourth-order valence-corrected chi connectivity index (χ4v) is 4.09. The number of nitrogens with zero attached hydrogens (tertiary/aromatic N) is 1. The summed E-state index contributed by atoms with van der Waals surface area (Å²) in [6.07, 6.45) is -4.59. The minimum Gasteiger partial charge on any atom is -0.394 e. The molecule has 1 aromatic rings. The van der Waals surface area contributed by atoms with Gasteiger partial charge in [-0.05, 0) is 13.8 Å². The molecule has 1 fully saturated rings.